The zero-order valence-corrected chi connectivity index (χ0v) is 13.4. The van der Waals surface area contributed by atoms with Crippen LogP contribution >= 0.6 is 0 Å². The van der Waals surface area contributed by atoms with Gasteiger partial charge in [-0.05, 0) is 17.7 Å². The molecule has 0 saturated heterocycles. The normalized spacial score (nSPS) is 11.5. The van der Waals surface area contributed by atoms with Crippen molar-refractivity contribution in [1.29, 1.82) is 0 Å². The van der Waals surface area contributed by atoms with E-state index in [9.17, 15) is 9.59 Å². The molecule has 0 bridgehead atoms. The Balaban J connectivity index is 1.74. The summed E-state index contributed by atoms with van der Waals surface area (Å²) in [5.41, 5.74) is 1.55. The van der Waals surface area contributed by atoms with E-state index in [0.717, 1.165) is 5.56 Å². The number of hydrogen-bond acceptors (Lipinski definition) is 4. The molecule has 0 spiro atoms. The Kier molecular flexibility index (Phi) is 5.26. The standard InChI is InChI=1S/C20H17NO4/c22-19(21-14-15-8-3-1-4-9-15)18(16-10-5-2-6-11-16)25-20(23)17-12-7-13-24-17/h1-13,18H,14H2,(H,21,22)/t18-/m0/s1. The molecule has 1 aromatic heterocycles. The van der Waals surface area contributed by atoms with Gasteiger partial charge in [-0.2, -0.15) is 0 Å². The van der Waals surface area contributed by atoms with Crippen molar-refractivity contribution in [2.75, 3.05) is 0 Å². The zero-order valence-electron chi connectivity index (χ0n) is 13.4. The van der Waals surface area contributed by atoms with E-state index in [0.29, 0.717) is 12.1 Å². The molecule has 2 aromatic carbocycles. The molecule has 1 amide bonds. The molecule has 5 heteroatoms. The Morgan fingerprint density at radius 1 is 0.920 bits per heavy atom. The highest BCUT2D eigenvalue weighted by Crippen LogP contribution is 2.20. The van der Waals surface area contributed by atoms with E-state index in [1.54, 1.807) is 30.3 Å². The monoisotopic (exact) mass is 335 g/mol. The lowest BCUT2D eigenvalue weighted by Crippen LogP contribution is -2.31. The van der Waals surface area contributed by atoms with Crippen molar-refractivity contribution in [3.63, 3.8) is 0 Å². The summed E-state index contributed by atoms with van der Waals surface area (Å²) in [5.74, 6) is -1.03. The minimum Gasteiger partial charge on any atom is -0.457 e. The second kappa shape index (κ2) is 7.97. The molecule has 25 heavy (non-hydrogen) atoms. The lowest BCUT2D eigenvalue weighted by atomic mass is 10.1. The molecule has 0 aliphatic heterocycles. The summed E-state index contributed by atoms with van der Waals surface area (Å²) >= 11 is 0. The van der Waals surface area contributed by atoms with Gasteiger partial charge in [0.15, 0.2) is 0 Å². The number of amides is 1. The van der Waals surface area contributed by atoms with E-state index in [1.165, 1.54) is 12.3 Å². The molecule has 5 nitrogen and oxygen atoms in total. The van der Waals surface area contributed by atoms with Crippen molar-refractivity contribution >= 4 is 11.9 Å². The third-order valence-electron chi connectivity index (χ3n) is 3.60. The molecule has 3 rings (SSSR count). The molecular weight excluding hydrogens is 318 g/mol. The van der Waals surface area contributed by atoms with Crippen molar-refractivity contribution in [3.8, 4) is 0 Å². The van der Waals surface area contributed by atoms with E-state index in [-0.39, 0.29) is 5.76 Å². The number of benzene rings is 2. The molecule has 0 saturated carbocycles. The van der Waals surface area contributed by atoms with Crippen LogP contribution in [-0.4, -0.2) is 11.9 Å². The fourth-order valence-electron chi connectivity index (χ4n) is 2.34. The minimum absolute atomic E-state index is 0.0526. The van der Waals surface area contributed by atoms with Gasteiger partial charge in [-0.15, -0.1) is 0 Å². The van der Waals surface area contributed by atoms with Crippen LogP contribution in [0.1, 0.15) is 27.8 Å². The Morgan fingerprint density at radius 2 is 1.60 bits per heavy atom. The highest BCUT2D eigenvalue weighted by Gasteiger charge is 2.26. The van der Waals surface area contributed by atoms with E-state index in [1.807, 2.05) is 36.4 Å². The van der Waals surface area contributed by atoms with Crippen LogP contribution in [0.3, 0.4) is 0 Å². The average Bonchev–Trinajstić information content (AvgIpc) is 3.20. The van der Waals surface area contributed by atoms with Crippen molar-refractivity contribution in [1.82, 2.24) is 5.32 Å². The SMILES string of the molecule is O=C(O[C@H](C(=O)NCc1ccccc1)c1ccccc1)c1ccco1. The summed E-state index contributed by atoms with van der Waals surface area (Å²) in [5, 5.41) is 2.80. The quantitative estimate of drug-likeness (QED) is 0.700. The van der Waals surface area contributed by atoms with E-state index >= 15 is 0 Å². The number of carbonyl (C=O) groups excluding carboxylic acids is 2. The topological polar surface area (TPSA) is 68.5 Å². The molecule has 0 fully saturated rings. The van der Waals surface area contributed by atoms with Crippen LogP contribution < -0.4 is 5.32 Å². The maximum Gasteiger partial charge on any atom is 0.375 e. The molecule has 1 heterocycles. The lowest BCUT2D eigenvalue weighted by Gasteiger charge is -2.17. The van der Waals surface area contributed by atoms with Gasteiger partial charge in [-0.1, -0.05) is 60.7 Å². The Morgan fingerprint density at radius 3 is 2.24 bits per heavy atom. The number of nitrogens with one attached hydrogen (secondary N) is 1. The number of hydrogen-bond donors (Lipinski definition) is 1. The van der Waals surface area contributed by atoms with Crippen molar-refractivity contribution in [3.05, 3.63) is 95.9 Å². The smallest absolute Gasteiger partial charge is 0.375 e. The molecule has 0 aliphatic rings. The third kappa shape index (κ3) is 4.35. The maximum absolute atomic E-state index is 12.6. The fraction of sp³-hybridized carbons (Fsp3) is 0.100. The summed E-state index contributed by atoms with van der Waals surface area (Å²) < 4.78 is 10.4. The van der Waals surface area contributed by atoms with Crippen LogP contribution in [0.4, 0.5) is 0 Å². The van der Waals surface area contributed by atoms with E-state index < -0.39 is 18.0 Å². The van der Waals surface area contributed by atoms with Crippen LogP contribution in [-0.2, 0) is 16.1 Å². The molecule has 0 aliphatic carbocycles. The van der Waals surface area contributed by atoms with Gasteiger partial charge >= 0.3 is 5.97 Å². The number of carbonyl (C=O) groups is 2. The number of furan rings is 1. The van der Waals surface area contributed by atoms with Crippen LogP contribution in [0.25, 0.3) is 0 Å². The summed E-state index contributed by atoms with van der Waals surface area (Å²) in [7, 11) is 0. The highest BCUT2D eigenvalue weighted by atomic mass is 16.6. The third-order valence-corrected chi connectivity index (χ3v) is 3.60. The Hall–Kier alpha value is -3.34. The van der Waals surface area contributed by atoms with Gasteiger partial charge in [0.05, 0.1) is 6.26 Å². The van der Waals surface area contributed by atoms with Gasteiger partial charge in [0.25, 0.3) is 5.91 Å². The van der Waals surface area contributed by atoms with Crippen molar-refractivity contribution in [2.24, 2.45) is 0 Å². The van der Waals surface area contributed by atoms with Gasteiger partial charge in [-0.25, -0.2) is 4.79 Å². The molecule has 1 atom stereocenters. The molecule has 3 aromatic rings. The zero-order chi connectivity index (χ0) is 17.5. The number of esters is 1. The van der Waals surface area contributed by atoms with Gasteiger partial charge in [-0.3, -0.25) is 4.79 Å². The van der Waals surface area contributed by atoms with Crippen molar-refractivity contribution < 1.29 is 18.7 Å². The summed E-state index contributed by atoms with van der Waals surface area (Å²) in [6.45, 7) is 0.349. The van der Waals surface area contributed by atoms with E-state index in [4.69, 9.17) is 9.15 Å². The highest BCUT2D eigenvalue weighted by molar-refractivity contribution is 5.90. The molecule has 1 N–H and O–H groups in total. The Bertz CT molecular complexity index is 813. The first-order chi connectivity index (χ1) is 12.2. The predicted molar refractivity (Wildman–Crippen MR) is 91.6 cm³/mol. The van der Waals surface area contributed by atoms with Crippen molar-refractivity contribution in [2.45, 2.75) is 12.6 Å². The minimum atomic E-state index is -1.05. The summed E-state index contributed by atoms with van der Waals surface area (Å²) in [6.07, 6.45) is 0.325. The second-order valence-electron chi connectivity index (χ2n) is 5.38. The molecular formula is C20H17NO4. The predicted octanol–water partition coefficient (Wildman–Crippen LogP) is 3.49. The van der Waals surface area contributed by atoms with Gasteiger partial charge < -0.3 is 14.5 Å². The van der Waals surface area contributed by atoms with Crippen LogP contribution in [0.15, 0.2) is 83.5 Å². The maximum atomic E-state index is 12.6. The van der Waals surface area contributed by atoms with Crippen LogP contribution in [0, 0.1) is 0 Å². The lowest BCUT2D eigenvalue weighted by molar-refractivity contribution is -0.130. The summed E-state index contributed by atoms with van der Waals surface area (Å²) in [4.78, 5) is 24.8. The van der Waals surface area contributed by atoms with Crippen LogP contribution in [0.2, 0.25) is 0 Å². The second-order valence-corrected chi connectivity index (χ2v) is 5.38. The number of ether oxygens (including phenoxy) is 1. The van der Waals surface area contributed by atoms with Gasteiger partial charge in [0.1, 0.15) is 0 Å². The first kappa shape index (κ1) is 16.5. The number of rotatable bonds is 6. The molecule has 0 unspecified atom stereocenters. The molecule has 126 valence electrons. The average molecular weight is 335 g/mol. The summed E-state index contributed by atoms with van der Waals surface area (Å²) in [6, 6.07) is 21.5. The first-order valence-corrected chi connectivity index (χ1v) is 7.85. The van der Waals surface area contributed by atoms with Gasteiger partial charge in [0.2, 0.25) is 11.9 Å². The largest absolute Gasteiger partial charge is 0.457 e. The van der Waals surface area contributed by atoms with Crippen LogP contribution in [0.5, 0.6) is 0 Å². The van der Waals surface area contributed by atoms with E-state index in [2.05, 4.69) is 5.32 Å². The molecule has 0 radical (unpaired) electrons. The first-order valence-electron chi connectivity index (χ1n) is 7.85. The Labute approximate surface area is 145 Å². The van der Waals surface area contributed by atoms with Gasteiger partial charge in [0, 0.05) is 12.1 Å². The fourth-order valence-corrected chi connectivity index (χ4v) is 2.34.